The molecule has 0 saturated carbocycles. The fourth-order valence-electron chi connectivity index (χ4n) is 5.31. The van der Waals surface area contributed by atoms with Crippen LogP contribution >= 0.6 is 0 Å². The molecule has 1 heterocycles. The van der Waals surface area contributed by atoms with Crippen LogP contribution in [0.15, 0.2) is 216 Å². The van der Waals surface area contributed by atoms with Crippen molar-refractivity contribution in [2.45, 2.75) is 0 Å². The molecule has 0 amide bonds. The van der Waals surface area contributed by atoms with Crippen molar-refractivity contribution in [3.63, 3.8) is 0 Å². The molecule has 0 bridgehead atoms. The van der Waals surface area contributed by atoms with Gasteiger partial charge in [-0.15, -0.1) is 0 Å². The minimum absolute atomic E-state index is 0.240. The van der Waals surface area contributed by atoms with Crippen LogP contribution < -0.4 is 4.90 Å². The maximum atomic E-state index is 9.63. The van der Waals surface area contributed by atoms with Gasteiger partial charge in [0, 0.05) is 33.4 Å². The largest absolute Gasteiger partial charge is 0.455 e. The molecule has 1 aromatic heterocycles. The van der Waals surface area contributed by atoms with E-state index in [0.717, 1.165) is 0 Å². The topological polar surface area (TPSA) is 16.4 Å². The number of fused-ring (bicyclic) bond motifs is 4. The fourth-order valence-corrected chi connectivity index (χ4v) is 5.31. The third kappa shape index (κ3) is 5.81. The first-order valence-corrected chi connectivity index (χ1v) is 15.6. The number of rotatable bonds is 7. The number of para-hydroxylation sites is 2. The van der Waals surface area contributed by atoms with Gasteiger partial charge >= 0.3 is 0 Å². The summed E-state index contributed by atoms with van der Waals surface area (Å²) in [5, 5.41) is -2.18. The van der Waals surface area contributed by atoms with Crippen molar-refractivity contribution >= 4 is 49.8 Å². The summed E-state index contributed by atoms with van der Waals surface area (Å²) in [6.45, 7) is 0. The van der Waals surface area contributed by atoms with Gasteiger partial charge in [-0.1, -0.05) is 163 Å². The number of benzene rings is 9. The summed E-state index contributed by atoms with van der Waals surface area (Å²) in [7, 11) is 0. The molecule has 0 spiro atoms. The molecule has 9 aromatic carbocycles. The molecule has 0 fully saturated rings. The van der Waals surface area contributed by atoms with Crippen LogP contribution in [0.25, 0.3) is 77.2 Å². The second-order valence-electron chi connectivity index (χ2n) is 11.0. The van der Waals surface area contributed by atoms with Crippen LogP contribution in [0, 0.1) is 0 Å². The van der Waals surface area contributed by atoms with Crippen LogP contribution in [-0.2, 0) is 0 Å². The highest BCUT2D eigenvalue weighted by Gasteiger charge is 2.16. The standard InChI is InChI=1S/C52H35NO/c1-2-9-36(10-3-1)39-23-29-45(30-24-39)53(47-33-27-42(28-34-47)48-14-8-15-50-49-13-6-7-16-51(49)54-52(48)50)46-31-25-40(26-32-46)38-17-19-41(20-18-38)44-22-21-37-11-4-5-12-43(37)35-44/h1-35H/i1D,2D,3D,4D,5D,6D,7D,8D,9D,10D,11D,12D,13D,14D,15D,16D,17D,18D,19D,20D,21D,22D,23D,24D,25D,26D,27D,28D,29D,30D,31D,32D,33D,34D,35D. The Morgan fingerprint density at radius 3 is 1.44 bits per heavy atom. The Morgan fingerprint density at radius 1 is 0.333 bits per heavy atom. The second-order valence-corrected chi connectivity index (χ2v) is 11.0. The Morgan fingerprint density at radius 2 is 0.796 bits per heavy atom. The van der Waals surface area contributed by atoms with E-state index in [2.05, 4.69) is 0 Å². The molecule has 2 nitrogen and oxygen atoms in total. The molecule has 0 aliphatic carbocycles. The third-order valence-electron chi connectivity index (χ3n) is 7.82. The molecule has 0 atom stereocenters. The predicted molar refractivity (Wildman–Crippen MR) is 228 cm³/mol. The normalized spacial score (nSPS) is 20.4. The van der Waals surface area contributed by atoms with Gasteiger partial charge in [-0.05, 0) is 98.1 Å². The number of hydrogen-bond donors (Lipinski definition) is 0. The maximum absolute atomic E-state index is 9.63. The lowest BCUT2D eigenvalue weighted by Gasteiger charge is -2.26. The van der Waals surface area contributed by atoms with Crippen molar-refractivity contribution in [3.05, 3.63) is 211 Å². The van der Waals surface area contributed by atoms with E-state index in [0.29, 0.717) is 0 Å². The first kappa shape index (κ1) is 11.9. The van der Waals surface area contributed by atoms with Crippen molar-refractivity contribution in [1.82, 2.24) is 0 Å². The van der Waals surface area contributed by atoms with Crippen molar-refractivity contribution in [1.29, 1.82) is 0 Å². The van der Waals surface area contributed by atoms with Crippen molar-refractivity contribution in [2.75, 3.05) is 4.90 Å². The molecule has 0 unspecified atom stereocenters. The molecule has 10 rings (SSSR count). The average Bonchev–Trinajstić information content (AvgIpc) is 1.66. The Kier molecular flexibility index (Phi) is 2.97. The fraction of sp³-hybridized carbons (Fsp3) is 0. The van der Waals surface area contributed by atoms with Gasteiger partial charge in [-0.25, -0.2) is 0 Å². The molecule has 54 heavy (non-hydrogen) atoms. The molecule has 10 aromatic rings. The molecule has 2 heteroatoms. The molecule has 0 saturated heterocycles. The maximum Gasteiger partial charge on any atom is 0.143 e. The molecule has 0 aliphatic rings. The van der Waals surface area contributed by atoms with E-state index in [1.807, 2.05) is 0 Å². The Balaban J connectivity index is 1.31. The van der Waals surface area contributed by atoms with Crippen molar-refractivity contribution in [2.24, 2.45) is 0 Å². The van der Waals surface area contributed by atoms with Gasteiger partial charge in [0.25, 0.3) is 0 Å². The van der Waals surface area contributed by atoms with Crippen molar-refractivity contribution < 1.29 is 52.4 Å². The van der Waals surface area contributed by atoms with Crippen molar-refractivity contribution in [3.8, 4) is 44.5 Å². The van der Waals surface area contributed by atoms with E-state index in [9.17, 15) is 19.2 Å². The number of anilines is 3. The lowest BCUT2D eigenvalue weighted by molar-refractivity contribution is 0.670. The molecule has 254 valence electrons. The van der Waals surface area contributed by atoms with Gasteiger partial charge in [-0.3, -0.25) is 0 Å². The number of nitrogens with zero attached hydrogens (tertiary/aromatic N) is 1. The highest BCUT2D eigenvalue weighted by atomic mass is 16.3. The highest BCUT2D eigenvalue weighted by molar-refractivity contribution is 6.09. The SMILES string of the molecule is [2H]c1c([2H])c([2H])c(-c2c([2H])c([2H])c(N(c3c([2H])c([2H])c(-c4c([2H])c([2H])c(-c5c([2H])c([2H])c6c([2H])c([2H])c([2H])c([2H])c6c5[2H])c([2H])c4[2H])c([2H])c3[2H])c3c([2H])c([2H])c(-c4c([2H])c([2H])c([2H])c5c4oc4c([2H])c([2H])c([2H])c([2H])c45)c([2H])c3[2H])c([2H])c2[2H])c([2H])c1[2H]. The lowest BCUT2D eigenvalue weighted by atomic mass is 9.98. The minimum atomic E-state index is -1.37. The zero-order valence-electron chi connectivity index (χ0n) is 61.9. The zero-order valence-corrected chi connectivity index (χ0v) is 26.9. The smallest absolute Gasteiger partial charge is 0.143 e. The van der Waals surface area contributed by atoms with E-state index in [-0.39, 0.29) is 4.90 Å². The van der Waals surface area contributed by atoms with Crippen LogP contribution in [0.1, 0.15) is 48.0 Å². The summed E-state index contributed by atoms with van der Waals surface area (Å²) in [6.07, 6.45) is 0. The second kappa shape index (κ2) is 13.4. The Labute approximate surface area is 364 Å². The summed E-state index contributed by atoms with van der Waals surface area (Å²) >= 11 is 0. The van der Waals surface area contributed by atoms with Gasteiger partial charge < -0.3 is 9.32 Å². The zero-order chi connectivity index (χ0) is 66.3. The first-order chi connectivity index (χ1) is 41.4. The molecule has 0 radical (unpaired) electrons. The van der Waals surface area contributed by atoms with Gasteiger partial charge in [0.15, 0.2) is 0 Å². The first-order valence-electron chi connectivity index (χ1n) is 33.1. The summed E-state index contributed by atoms with van der Waals surface area (Å²) in [4.78, 5) is 0.240. The average molecular weight is 725 g/mol. The van der Waals surface area contributed by atoms with E-state index in [4.69, 9.17) is 33.2 Å². The molecular weight excluding hydrogens is 655 g/mol. The summed E-state index contributed by atoms with van der Waals surface area (Å²) in [6, 6.07) is -37.2. The van der Waals surface area contributed by atoms with Gasteiger partial charge in [0.1, 0.15) is 11.2 Å². The summed E-state index contributed by atoms with van der Waals surface area (Å²) in [5.41, 5.74) is -12.3. The van der Waals surface area contributed by atoms with E-state index in [1.165, 1.54) is 0 Å². The lowest BCUT2D eigenvalue weighted by Crippen LogP contribution is -2.09. The number of furan rings is 1. The van der Waals surface area contributed by atoms with Crippen LogP contribution in [0.2, 0.25) is 0 Å². The highest BCUT2D eigenvalue weighted by Crippen LogP contribution is 2.40. The predicted octanol–water partition coefficient (Wildman–Crippen LogP) is 14.9. The quantitative estimate of drug-likeness (QED) is 0.163. The van der Waals surface area contributed by atoms with Gasteiger partial charge in [0.05, 0.1) is 48.0 Å². The van der Waals surface area contributed by atoms with Crippen LogP contribution in [0.3, 0.4) is 0 Å². The molecule has 0 aliphatic heterocycles. The monoisotopic (exact) mass is 724 g/mol. The van der Waals surface area contributed by atoms with Crippen LogP contribution in [0.5, 0.6) is 0 Å². The molecular formula is C52H35NO. The summed E-state index contributed by atoms with van der Waals surface area (Å²) < 4.78 is 319. The van der Waals surface area contributed by atoms with E-state index >= 15 is 0 Å². The minimum Gasteiger partial charge on any atom is -0.455 e. The summed E-state index contributed by atoms with van der Waals surface area (Å²) in [5.74, 6) is 0. The third-order valence-corrected chi connectivity index (χ3v) is 7.82. The van der Waals surface area contributed by atoms with Gasteiger partial charge in [0.2, 0.25) is 0 Å². The molecule has 0 N–H and O–H groups in total. The van der Waals surface area contributed by atoms with Crippen LogP contribution in [-0.4, -0.2) is 0 Å². The van der Waals surface area contributed by atoms with Crippen LogP contribution in [0.4, 0.5) is 17.1 Å². The Hall–Kier alpha value is -7.16. The van der Waals surface area contributed by atoms with Gasteiger partial charge in [-0.2, -0.15) is 0 Å². The van der Waals surface area contributed by atoms with E-state index < -0.39 is 306 Å². The van der Waals surface area contributed by atoms with E-state index in [1.54, 1.807) is 0 Å². The Bertz CT molecular complexity index is 4830. The number of hydrogen-bond acceptors (Lipinski definition) is 2.